The molecule has 0 spiro atoms. The molecule has 2 aromatic rings. The lowest BCUT2D eigenvalue weighted by molar-refractivity contribution is -0.139. The molecular formula is C20H20F3NO3. The molecule has 0 bridgehead atoms. The van der Waals surface area contributed by atoms with Gasteiger partial charge in [-0.15, -0.1) is 0 Å². The van der Waals surface area contributed by atoms with Gasteiger partial charge in [-0.1, -0.05) is 18.2 Å². The summed E-state index contributed by atoms with van der Waals surface area (Å²) < 4.78 is 44.6. The van der Waals surface area contributed by atoms with E-state index in [1.807, 2.05) is 12.1 Å². The fraction of sp³-hybridized carbons (Fsp3) is 0.350. The van der Waals surface area contributed by atoms with Gasteiger partial charge < -0.3 is 14.7 Å². The molecule has 1 aliphatic heterocycles. The molecule has 1 unspecified atom stereocenters. The summed E-state index contributed by atoms with van der Waals surface area (Å²) in [6, 6.07) is 12.3. The molecule has 1 fully saturated rings. The summed E-state index contributed by atoms with van der Waals surface area (Å²) in [4.78, 5) is 13.0. The van der Waals surface area contributed by atoms with E-state index in [1.54, 1.807) is 18.2 Å². The van der Waals surface area contributed by atoms with E-state index in [0.717, 1.165) is 31.1 Å². The first-order valence-corrected chi connectivity index (χ1v) is 8.71. The summed E-state index contributed by atoms with van der Waals surface area (Å²) >= 11 is 0. The van der Waals surface area contributed by atoms with Crippen molar-refractivity contribution in [3.8, 4) is 5.75 Å². The second kappa shape index (κ2) is 7.90. The summed E-state index contributed by atoms with van der Waals surface area (Å²) in [7, 11) is 0. The summed E-state index contributed by atoms with van der Waals surface area (Å²) in [6.45, 7) is 0.609. The third-order valence-electron chi connectivity index (χ3n) is 4.67. The van der Waals surface area contributed by atoms with Crippen molar-refractivity contribution in [3.05, 3.63) is 59.7 Å². The molecule has 4 nitrogen and oxygen atoms in total. The molecule has 0 aliphatic carbocycles. The van der Waals surface area contributed by atoms with E-state index in [9.17, 15) is 18.0 Å². The summed E-state index contributed by atoms with van der Waals surface area (Å²) in [5.41, 5.74) is 0.270. The standard InChI is InChI=1S/C20H20F3NO3/c21-20(22,23)18-6-2-1-4-14(18)13-27-17-9-7-15(8-10-17)24-11-3-5-16(24)12-19(25)26/h1-2,4,6-10,16H,3,5,11-13H2,(H,25,26). The Morgan fingerprint density at radius 1 is 1.15 bits per heavy atom. The van der Waals surface area contributed by atoms with Gasteiger partial charge in [0, 0.05) is 23.8 Å². The van der Waals surface area contributed by atoms with Crippen molar-refractivity contribution < 1.29 is 27.8 Å². The number of carboxylic acids is 1. The highest BCUT2D eigenvalue weighted by atomic mass is 19.4. The molecule has 27 heavy (non-hydrogen) atoms. The number of aliphatic carboxylic acids is 1. The predicted octanol–water partition coefficient (Wildman–Crippen LogP) is 4.73. The molecule has 1 saturated heterocycles. The highest BCUT2D eigenvalue weighted by Gasteiger charge is 2.33. The Labute approximate surface area is 155 Å². The molecule has 2 aromatic carbocycles. The van der Waals surface area contributed by atoms with Gasteiger partial charge in [-0.3, -0.25) is 4.79 Å². The van der Waals surface area contributed by atoms with E-state index in [-0.39, 0.29) is 24.6 Å². The maximum atomic E-state index is 13.0. The van der Waals surface area contributed by atoms with Crippen LogP contribution in [0, 0.1) is 0 Å². The first-order chi connectivity index (χ1) is 12.8. The Kier molecular flexibility index (Phi) is 5.58. The van der Waals surface area contributed by atoms with Crippen LogP contribution in [0.2, 0.25) is 0 Å². The lowest BCUT2D eigenvalue weighted by Crippen LogP contribution is -2.31. The zero-order valence-electron chi connectivity index (χ0n) is 14.6. The Bertz CT molecular complexity index is 790. The minimum atomic E-state index is -4.42. The van der Waals surface area contributed by atoms with Crippen molar-refractivity contribution in [1.82, 2.24) is 0 Å². The van der Waals surface area contributed by atoms with Crippen LogP contribution in [0.4, 0.5) is 18.9 Å². The summed E-state index contributed by atoms with van der Waals surface area (Å²) in [6.07, 6.45) is -2.56. The molecule has 7 heteroatoms. The Hall–Kier alpha value is -2.70. The SMILES string of the molecule is O=C(O)CC1CCCN1c1ccc(OCc2ccccc2C(F)(F)F)cc1. The molecule has 1 aliphatic rings. The Morgan fingerprint density at radius 3 is 2.52 bits per heavy atom. The van der Waals surface area contributed by atoms with E-state index < -0.39 is 17.7 Å². The van der Waals surface area contributed by atoms with Crippen LogP contribution >= 0.6 is 0 Å². The number of ether oxygens (including phenoxy) is 1. The number of alkyl halides is 3. The molecule has 1 atom stereocenters. The van der Waals surface area contributed by atoms with Crippen LogP contribution in [0.3, 0.4) is 0 Å². The molecular weight excluding hydrogens is 359 g/mol. The zero-order chi connectivity index (χ0) is 19.4. The van der Waals surface area contributed by atoms with Gasteiger partial charge in [0.15, 0.2) is 0 Å². The molecule has 3 rings (SSSR count). The lowest BCUT2D eigenvalue weighted by atomic mass is 10.1. The summed E-state index contributed by atoms with van der Waals surface area (Å²) in [5.74, 6) is -0.361. The topological polar surface area (TPSA) is 49.8 Å². The minimum absolute atomic E-state index is 0.0343. The molecule has 0 radical (unpaired) electrons. The smallest absolute Gasteiger partial charge is 0.416 e. The van der Waals surface area contributed by atoms with Crippen molar-refractivity contribution in [1.29, 1.82) is 0 Å². The van der Waals surface area contributed by atoms with E-state index in [4.69, 9.17) is 9.84 Å². The zero-order valence-corrected chi connectivity index (χ0v) is 14.6. The summed E-state index contributed by atoms with van der Waals surface area (Å²) in [5, 5.41) is 9.01. The van der Waals surface area contributed by atoms with Crippen LogP contribution in [-0.4, -0.2) is 23.7 Å². The monoisotopic (exact) mass is 379 g/mol. The molecule has 0 aromatic heterocycles. The van der Waals surface area contributed by atoms with E-state index >= 15 is 0 Å². The second-order valence-electron chi connectivity index (χ2n) is 6.52. The van der Waals surface area contributed by atoms with Crippen LogP contribution in [-0.2, 0) is 17.6 Å². The molecule has 0 saturated carbocycles. The quantitative estimate of drug-likeness (QED) is 0.789. The molecule has 144 valence electrons. The van der Waals surface area contributed by atoms with E-state index in [1.165, 1.54) is 12.1 Å². The van der Waals surface area contributed by atoms with E-state index in [2.05, 4.69) is 4.90 Å². The average molecular weight is 379 g/mol. The van der Waals surface area contributed by atoms with Crippen molar-refractivity contribution in [2.45, 2.75) is 38.1 Å². The van der Waals surface area contributed by atoms with Crippen LogP contribution in [0.1, 0.15) is 30.4 Å². The van der Waals surface area contributed by atoms with Gasteiger partial charge in [0.25, 0.3) is 0 Å². The van der Waals surface area contributed by atoms with Gasteiger partial charge in [-0.25, -0.2) is 0 Å². The molecule has 1 heterocycles. The number of carbonyl (C=O) groups is 1. The third-order valence-corrected chi connectivity index (χ3v) is 4.67. The third kappa shape index (κ3) is 4.72. The van der Waals surface area contributed by atoms with Gasteiger partial charge in [0.05, 0.1) is 12.0 Å². The van der Waals surface area contributed by atoms with Gasteiger partial charge in [-0.2, -0.15) is 13.2 Å². The first kappa shape index (κ1) is 19.1. The highest BCUT2D eigenvalue weighted by Crippen LogP contribution is 2.33. The maximum absolute atomic E-state index is 13.0. The van der Waals surface area contributed by atoms with Crippen molar-refractivity contribution >= 4 is 11.7 Å². The van der Waals surface area contributed by atoms with Crippen LogP contribution in [0.5, 0.6) is 5.75 Å². The van der Waals surface area contributed by atoms with Crippen molar-refractivity contribution in [2.24, 2.45) is 0 Å². The normalized spacial score (nSPS) is 17.1. The number of carboxylic acid groups (broad SMARTS) is 1. The van der Waals surface area contributed by atoms with Crippen molar-refractivity contribution in [2.75, 3.05) is 11.4 Å². The van der Waals surface area contributed by atoms with Crippen molar-refractivity contribution in [3.63, 3.8) is 0 Å². The number of nitrogens with zero attached hydrogens (tertiary/aromatic N) is 1. The van der Waals surface area contributed by atoms with Crippen LogP contribution in [0.15, 0.2) is 48.5 Å². The van der Waals surface area contributed by atoms with E-state index in [0.29, 0.717) is 5.75 Å². The Morgan fingerprint density at radius 2 is 1.85 bits per heavy atom. The van der Waals surface area contributed by atoms with Crippen LogP contribution in [0.25, 0.3) is 0 Å². The lowest BCUT2D eigenvalue weighted by Gasteiger charge is -2.25. The second-order valence-corrected chi connectivity index (χ2v) is 6.52. The largest absolute Gasteiger partial charge is 0.489 e. The fourth-order valence-corrected chi connectivity index (χ4v) is 3.41. The highest BCUT2D eigenvalue weighted by molar-refractivity contribution is 5.69. The number of benzene rings is 2. The average Bonchev–Trinajstić information content (AvgIpc) is 3.07. The molecule has 0 amide bonds. The van der Waals surface area contributed by atoms with Gasteiger partial charge in [-0.05, 0) is 43.2 Å². The predicted molar refractivity (Wildman–Crippen MR) is 94.8 cm³/mol. The van der Waals surface area contributed by atoms with Gasteiger partial charge >= 0.3 is 12.1 Å². The minimum Gasteiger partial charge on any atom is -0.489 e. The number of hydrogen-bond acceptors (Lipinski definition) is 3. The fourth-order valence-electron chi connectivity index (χ4n) is 3.41. The Balaban J connectivity index is 1.66. The van der Waals surface area contributed by atoms with Gasteiger partial charge in [0.2, 0.25) is 0 Å². The van der Waals surface area contributed by atoms with Crippen LogP contribution < -0.4 is 9.64 Å². The van der Waals surface area contributed by atoms with Gasteiger partial charge in [0.1, 0.15) is 12.4 Å². The maximum Gasteiger partial charge on any atom is 0.416 e. The number of halogens is 3. The first-order valence-electron chi connectivity index (χ1n) is 8.71. The number of hydrogen-bond donors (Lipinski definition) is 1. The number of rotatable bonds is 6. The molecule has 1 N–H and O–H groups in total. The number of anilines is 1.